The Morgan fingerprint density at radius 3 is 2.86 bits per heavy atom. The molecule has 2 aliphatic rings. The first-order chi connectivity index (χ1) is 6.84. The smallest absolute Gasteiger partial charge is 0.198 e. The van der Waals surface area contributed by atoms with Crippen molar-refractivity contribution < 1.29 is 0 Å². The van der Waals surface area contributed by atoms with Crippen LogP contribution in [0.15, 0.2) is 29.3 Å². The van der Waals surface area contributed by atoms with E-state index in [0.717, 1.165) is 5.36 Å². The van der Waals surface area contributed by atoms with Crippen LogP contribution in [-0.2, 0) is 0 Å². The highest BCUT2D eigenvalue weighted by Crippen LogP contribution is 2.30. The lowest BCUT2D eigenvalue weighted by molar-refractivity contribution is 0.368. The van der Waals surface area contributed by atoms with E-state index in [2.05, 4.69) is 22.2 Å². The van der Waals surface area contributed by atoms with Crippen LogP contribution in [0.1, 0.15) is 12.8 Å². The number of rotatable bonds is 1. The summed E-state index contributed by atoms with van der Waals surface area (Å²) in [5.74, 6) is 0. The van der Waals surface area contributed by atoms with E-state index in [4.69, 9.17) is 11.6 Å². The lowest BCUT2D eigenvalue weighted by atomic mass is 10.2. The number of alkyl halides is 1. The fourth-order valence-electron chi connectivity index (χ4n) is 1.77. The summed E-state index contributed by atoms with van der Waals surface area (Å²) in [6, 6.07) is 8.73. The number of benzene rings is 1. The molecule has 0 N–H and O–H groups in total. The summed E-state index contributed by atoms with van der Waals surface area (Å²) in [5.41, 5.74) is -0.211. The summed E-state index contributed by atoms with van der Waals surface area (Å²) in [4.78, 5) is 6.61. The van der Waals surface area contributed by atoms with Gasteiger partial charge in [0.25, 0.3) is 0 Å². The molecular formula is C11H11ClN2. The topological polar surface area (TPSA) is 15.6 Å². The van der Waals surface area contributed by atoms with Crippen molar-refractivity contribution in [1.29, 1.82) is 0 Å². The van der Waals surface area contributed by atoms with Crippen molar-refractivity contribution in [3.8, 4) is 0 Å². The zero-order valence-electron chi connectivity index (χ0n) is 7.73. The fourth-order valence-corrected chi connectivity index (χ4v) is 2.09. The number of halogens is 1. The molecule has 1 unspecified atom stereocenters. The lowest BCUT2D eigenvalue weighted by Crippen LogP contribution is -2.40. The summed E-state index contributed by atoms with van der Waals surface area (Å²) < 4.78 is 0. The van der Waals surface area contributed by atoms with Gasteiger partial charge in [-0.25, -0.2) is 4.99 Å². The van der Waals surface area contributed by atoms with Crippen molar-refractivity contribution in [2.24, 2.45) is 4.99 Å². The van der Waals surface area contributed by atoms with E-state index < -0.39 is 0 Å². The van der Waals surface area contributed by atoms with Gasteiger partial charge in [-0.15, -0.1) is 0 Å². The van der Waals surface area contributed by atoms with Crippen molar-refractivity contribution in [3.63, 3.8) is 0 Å². The number of nitrogens with zero attached hydrogens (tertiary/aromatic N) is 2. The zero-order chi connectivity index (χ0) is 9.54. The maximum absolute atomic E-state index is 6.17. The van der Waals surface area contributed by atoms with Gasteiger partial charge in [-0.3, -0.25) is 0 Å². The Bertz CT molecular complexity index is 464. The van der Waals surface area contributed by atoms with Crippen LogP contribution < -0.4 is 10.6 Å². The van der Waals surface area contributed by atoms with E-state index >= 15 is 0 Å². The maximum atomic E-state index is 6.17. The van der Waals surface area contributed by atoms with Crippen molar-refractivity contribution in [1.82, 2.24) is 4.90 Å². The summed E-state index contributed by atoms with van der Waals surface area (Å²) in [7, 11) is 0. The van der Waals surface area contributed by atoms with E-state index in [-0.39, 0.29) is 5.62 Å². The highest BCUT2D eigenvalue weighted by Gasteiger charge is 2.31. The largest absolute Gasteiger partial charge is 0.340 e. The molecule has 0 spiro atoms. The van der Waals surface area contributed by atoms with E-state index in [9.17, 15) is 0 Å². The van der Waals surface area contributed by atoms with Crippen LogP contribution in [0.4, 0.5) is 0 Å². The third-order valence-electron chi connectivity index (χ3n) is 2.69. The Morgan fingerprint density at radius 2 is 2.07 bits per heavy atom. The second-order valence-corrected chi connectivity index (χ2v) is 4.20. The average molecular weight is 207 g/mol. The Balaban J connectivity index is 2.13. The second-order valence-electron chi connectivity index (χ2n) is 3.81. The van der Waals surface area contributed by atoms with Gasteiger partial charge in [0.05, 0.1) is 5.36 Å². The molecule has 0 aromatic heterocycles. The van der Waals surface area contributed by atoms with E-state index in [1.165, 1.54) is 18.1 Å². The molecule has 1 aliphatic heterocycles. The number of hydrogen-bond donors (Lipinski definition) is 0. The predicted molar refractivity (Wildman–Crippen MR) is 56.2 cm³/mol. The monoisotopic (exact) mass is 206 g/mol. The van der Waals surface area contributed by atoms with Gasteiger partial charge < -0.3 is 4.90 Å². The van der Waals surface area contributed by atoms with Crippen LogP contribution in [0.3, 0.4) is 0 Å². The Morgan fingerprint density at radius 1 is 1.29 bits per heavy atom. The fraction of sp³-hybridized carbons (Fsp3) is 0.364. The summed E-state index contributed by atoms with van der Waals surface area (Å²) in [5, 5.41) is 2.18. The van der Waals surface area contributed by atoms with Crippen molar-refractivity contribution in [2.75, 3.05) is 0 Å². The number of hydrogen-bond acceptors (Lipinski definition) is 2. The molecule has 14 heavy (non-hydrogen) atoms. The molecule has 1 saturated carbocycles. The molecule has 0 amide bonds. The molecule has 1 atom stereocenters. The third-order valence-corrected chi connectivity index (χ3v) is 3.01. The highest BCUT2D eigenvalue weighted by atomic mass is 35.5. The molecule has 3 heteroatoms. The summed E-state index contributed by atoms with van der Waals surface area (Å²) in [6.07, 6.45) is 4.63. The Hall–Kier alpha value is -1.02. The minimum Gasteiger partial charge on any atom is -0.340 e. The van der Waals surface area contributed by atoms with Crippen molar-refractivity contribution in [2.45, 2.75) is 24.5 Å². The van der Waals surface area contributed by atoms with E-state index in [1.54, 1.807) is 0 Å². The van der Waals surface area contributed by atoms with Gasteiger partial charge in [0.2, 0.25) is 0 Å². The van der Waals surface area contributed by atoms with Crippen LogP contribution in [0.2, 0.25) is 0 Å². The average Bonchev–Trinajstić information content (AvgIpc) is 3.00. The molecule has 3 rings (SSSR count). The molecule has 72 valence electrons. The van der Waals surface area contributed by atoms with Gasteiger partial charge in [0.1, 0.15) is 0 Å². The van der Waals surface area contributed by atoms with Crippen LogP contribution in [0.25, 0.3) is 6.20 Å². The summed E-state index contributed by atoms with van der Waals surface area (Å²) in [6.45, 7) is 0. The van der Waals surface area contributed by atoms with Gasteiger partial charge in [0, 0.05) is 17.5 Å². The first-order valence-electron chi connectivity index (χ1n) is 4.91. The van der Waals surface area contributed by atoms with Crippen LogP contribution >= 0.6 is 11.6 Å². The molecule has 1 fully saturated rings. The van der Waals surface area contributed by atoms with Crippen LogP contribution in [-0.4, -0.2) is 16.6 Å². The van der Waals surface area contributed by atoms with Gasteiger partial charge in [0.15, 0.2) is 5.62 Å². The zero-order valence-corrected chi connectivity index (χ0v) is 8.48. The quantitative estimate of drug-likeness (QED) is 0.495. The Kier molecular flexibility index (Phi) is 1.77. The van der Waals surface area contributed by atoms with Gasteiger partial charge >= 0.3 is 0 Å². The standard InChI is InChI=1S/C11H11ClN2/c12-11-13-10-4-2-1-3-8(10)7-14(11)9-5-6-9/h1-4,7,9,11H,5-6H2. The van der Waals surface area contributed by atoms with Crippen molar-refractivity contribution in [3.05, 3.63) is 34.8 Å². The second kappa shape index (κ2) is 2.99. The number of fused-ring (bicyclic) bond motifs is 1. The minimum atomic E-state index is -0.211. The Labute approximate surface area is 87.5 Å². The normalized spacial score (nSPS) is 24.9. The summed E-state index contributed by atoms with van der Waals surface area (Å²) >= 11 is 6.17. The van der Waals surface area contributed by atoms with Crippen LogP contribution in [0.5, 0.6) is 0 Å². The van der Waals surface area contributed by atoms with Gasteiger partial charge in [-0.2, -0.15) is 0 Å². The minimum absolute atomic E-state index is 0.211. The molecule has 1 aromatic carbocycles. The molecule has 0 radical (unpaired) electrons. The molecule has 1 aromatic rings. The van der Waals surface area contributed by atoms with E-state index in [0.29, 0.717) is 6.04 Å². The molecule has 0 saturated heterocycles. The highest BCUT2D eigenvalue weighted by molar-refractivity contribution is 6.20. The predicted octanol–water partition coefficient (Wildman–Crippen LogP) is 1.04. The van der Waals surface area contributed by atoms with Crippen LogP contribution in [0, 0.1) is 0 Å². The molecule has 0 bridgehead atoms. The van der Waals surface area contributed by atoms with Gasteiger partial charge in [-0.1, -0.05) is 29.8 Å². The third kappa shape index (κ3) is 1.30. The lowest BCUT2D eigenvalue weighted by Gasteiger charge is -2.25. The molecular weight excluding hydrogens is 196 g/mol. The van der Waals surface area contributed by atoms with Gasteiger partial charge in [-0.05, 0) is 18.9 Å². The first-order valence-corrected chi connectivity index (χ1v) is 5.34. The molecule has 1 aliphatic carbocycles. The first kappa shape index (κ1) is 8.30. The molecule has 2 nitrogen and oxygen atoms in total. The number of para-hydroxylation sites is 1. The van der Waals surface area contributed by atoms with Crippen molar-refractivity contribution >= 4 is 17.8 Å². The SMILES string of the molecule is ClC1N=c2ccccc2=CN1C1CC1. The maximum Gasteiger partial charge on any atom is 0.198 e. The molecule has 1 heterocycles. The van der Waals surface area contributed by atoms with E-state index in [1.807, 2.05) is 18.2 Å².